The third kappa shape index (κ3) is 6.09. The minimum Gasteiger partial charge on any atom is -0.480 e. The lowest BCUT2D eigenvalue weighted by molar-refractivity contribution is -0.157. The van der Waals surface area contributed by atoms with Crippen molar-refractivity contribution in [3.05, 3.63) is 35.9 Å². The fourth-order valence-corrected chi connectivity index (χ4v) is 5.20. The molecule has 7 heteroatoms. The zero-order valence-electron chi connectivity index (χ0n) is 19.2. The number of aryl methyl sites for hydroxylation is 1. The largest absolute Gasteiger partial charge is 0.480 e. The predicted octanol–water partition coefficient (Wildman–Crippen LogP) is 3.02. The number of amides is 1. The molecule has 1 aromatic carbocycles. The van der Waals surface area contributed by atoms with Crippen LogP contribution in [0.2, 0.25) is 0 Å². The highest BCUT2D eigenvalue weighted by Crippen LogP contribution is 2.38. The Labute approximate surface area is 190 Å². The van der Waals surface area contributed by atoms with Gasteiger partial charge in [-0.25, -0.2) is 4.79 Å². The molecule has 1 heterocycles. The summed E-state index contributed by atoms with van der Waals surface area (Å²) in [6.07, 6.45) is 6.06. The number of ether oxygens (including phenoxy) is 1. The number of nitrogens with one attached hydrogen (secondary N) is 1. The number of carbonyl (C=O) groups excluding carboxylic acids is 2. The van der Waals surface area contributed by atoms with Crippen molar-refractivity contribution in [2.24, 2.45) is 11.8 Å². The van der Waals surface area contributed by atoms with E-state index in [9.17, 15) is 19.5 Å². The summed E-state index contributed by atoms with van der Waals surface area (Å²) in [5.74, 6) is -0.829. The monoisotopic (exact) mass is 444 g/mol. The summed E-state index contributed by atoms with van der Waals surface area (Å²) in [5.41, 5.74) is 1.10. The Kier molecular flexibility index (Phi) is 8.67. The van der Waals surface area contributed by atoms with Crippen LogP contribution in [0.5, 0.6) is 0 Å². The molecule has 1 amide bonds. The standard InChI is InChI=1S/C25H36N2O5/c1-3-32-25(31)21(14-13-18-9-5-4-6-10-18)26-17(2)23(28)27-16-20-12-8-7-11-19(20)15-22(27)24(29)30/h4-6,9-10,17,19-22,26H,3,7-8,11-16H2,1-2H3,(H,29,30)/t17?,19-,20+,21?,22-/m0/s1. The van der Waals surface area contributed by atoms with Crippen LogP contribution in [0.4, 0.5) is 0 Å². The van der Waals surface area contributed by atoms with Gasteiger partial charge in [0.05, 0.1) is 12.6 Å². The van der Waals surface area contributed by atoms with Crippen molar-refractivity contribution in [2.45, 2.75) is 76.9 Å². The van der Waals surface area contributed by atoms with E-state index in [0.29, 0.717) is 37.6 Å². The van der Waals surface area contributed by atoms with Crippen molar-refractivity contribution >= 4 is 17.8 Å². The van der Waals surface area contributed by atoms with Gasteiger partial charge >= 0.3 is 11.9 Å². The average Bonchev–Trinajstić information content (AvgIpc) is 2.80. The lowest BCUT2D eigenvalue weighted by atomic mass is 9.73. The molecule has 2 aliphatic rings. The predicted molar refractivity (Wildman–Crippen MR) is 121 cm³/mol. The second-order valence-electron chi connectivity index (χ2n) is 9.10. The van der Waals surface area contributed by atoms with Gasteiger partial charge in [0.15, 0.2) is 0 Å². The molecule has 1 aliphatic carbocycles. The summed E-state index contributed by atoms with van der Waals surface area (Å²) in [7, 11) is 0. The maximum Gasteiger partial charge on any atom is 0.326 e. The molecule has 176 valence electrons. The van der Waals surface area contributed by atoms with Crippen molar-refractivity contribution in [3.63, 3.8) is 0 Å². The molecular weight excluding hydrogens is 408 g/mol. The maximum absolute atomic E-state index is 13.3. The Morgan fingerprint density at radius 3 is 2.50 bits per heavy atom. The Bertz CT molecular complexity index is 784. The molecule has 0 aromatic heterocycles. The average molecular weight is 445 g/mol. The van der Waals surface area contributed by atoms with Crippen molar-refractivity contribution in [1.82, 2.24) is 10.2 Å². The van der Waals surface area contributed by atoms with Gasteiger partial charge < -0.3 is 14.7 Å². The minimum absolute atomic E-state index is 0.254. The summed E-state index contributed by atoms with van der Waals surface area (Å²) in [6, 6.07) is 7.75. The van der Waals surface area contributed by atoms with E-state index in [2.05, 4.69) is 5.32 Å². The van der Waals surface area contributed by atoms with Crippen molar-refractivity contribution in [3.8, 4) is 0 Å². The number of carboxylic acid groups (broad SMARTS) is 1. The zero-order valence-corrected chi connectivity index (χ0v) is 19.2. The lowest BCUT2D eigenvalue weighted by Crippen LogP contribution is -2.59. The minimum atomic E-state index is -0.944. The first-order valence-corrected chi connectivity index (χ1v) is 11.9. The molecule has 0 bridgehead atoms. The molecule has 2 fully saturated rings. The molecule has 0 spiro atoms. The van der Waals surface area contributed by atoms with E-state index >= 15 is 0 Å². The van der Waals surface area contributed by atoms with Crippen LogP contribution < -0.4 is 5.32 Å². The molecule has 7 nitrogen and oxygen atoms in total. The smallest absolute Gasteiger partial charge is 0.326 e. The summed E-state index contributed by atoms with van der Waals surface area (Å²) in [4.78, 5) is 39.4. The van der Waals surface area contributed by atoms with Gasteiger partial charge in [-0.3, -0.25) is 14.9 Å². The van der Waals surface area contributed by atoms with Gasteiger partial charge in [0.2, 0.25) is 5.91 Å². The van der Waals surface area contributed by atoms with Crippen LogP contribution in [0.3, 0.4) is 0 Å². The highest BCUT2D eigenvalue weighted by Gasteiger charge is 2.43. The summed E-state index contributed by atoms with van der Waals surface area (Å²) >= 11 is 0. The molecule has 5 atom stereocenters. The number of likely N-dealkylation sites (tertiary alicyclic amines) is 1. The van der Waals surface area contributed by atoms with Crippen LogP contribution in [0, 0.1) is 11.8 Å². The van der Waals surface area contributed by atoms with Gasteiger partial charge in [-0.15, -0.1) is 0 Å². The van der Waals surface area contributed by atoms with Gasteiger partial charge in [0.25, 0.3) is 0 Å². The van der Waals surface area contributed by atoms with Gasteiger partial charge in [0.1, 0.15) is 12.1 Å². The highest BCUT2D eigenvalue weighted by atomic mass is 16.5. The second kappa shape index (κ2) is 11.5. The van der Waals surface area contributed by atoms with Gasteiger partial charge in [-0.1, -0.05) is 49.6 Å². The number of carbonyl (C=O) groups is 3. The number of hydrogen-bond donors (Lipinski definition) is 2. The number of esters is 1. The number of piperidine rings is 1. The van der Waals surface area contributed by atoms with Crippen LogP contribution >= 0.6 is 0 Å². The maximum atomic E-state index is 13.3. The number of carboxylic acids is 1. The van der Waals surface area contributed by atoms with Crippen LogP contribution in [-0.4, -0.2) is 59.1 Å². The molecule has 3 rings (SSSR count). The molecule has 32 heavy (non-hydrogen) atoms. The Balaban J connectivity index is 1.67. The molecule has 1 aliphatic heterocycles. The Morgan fingerprint density at radius 2 is 1.84 bits per heavy atom. The topological polar surface area (TPSA) is 95.9 Å². The first-order chi connectivity index (χ1) is 15.4. The van der Waals surface area contributed by atoms with E-state index < -0.39 is 24.1 Å². The normalized spacial score (nSPS) is 24.8. The third-order valence-corrected chi connectivity index (χ3v) is 6.93. The molecule has 2 N–H and O–H groups in total. The number of nitrogens with zero attached hydrogens (tertiary/aromatic N) is 1. The SMILES string of the molecule is CCOC(=O)C(CCc1ccccc1)NC(C)C(=O)N1C[C@H]2CCCC[C@H]2C[C@H]1C(=O)O. The zero-order chi connectivity index (χ0) is 23.1. The Hall–Kier alpha value is -2.41. The third-order valence-electron chi connectivity index (χ3n) is 6.93. The van der Waals surface area contributed by atoms with Crippen LogP contribution in [-0.2, 0) is 25.5 Å². The fourth-order valence-electron chi connectivity index (χ4n) is 5.20. The molecule has 1 saturated carbocycles. The van der Waals surface area contributed by atoms with Crippen LogP contribution in [0.25, 0.3) is 0 Å². The van der Waals surface area contributed by atoms with E-state index in [0.717, 1.165) is 31.2 Å². The molecule has 2 unspecified atom stereocenters. The van der Waals surface area contributed by atoms with Crippen molar-refractivity contribution in [1.29, 1.82) is 0 Å². The number of fused-ring (bicyclic) bond motifs is 1. The second-order valence-corrected chi connectivity index (χ2v) is 9.10. The van der Waals surface area contributed by atoms with Crippen molar-refractivity contribution in [2.75, 3.05) is 13.2 Å². The van der Waals surface area contributed by atoms with Gasteiger partial charge in [-0.05, 0) is 56.9 Å². The van der Waals surface area contributed by atoms with E-state index in [1.807, 2.05) is 30.3 Å². The van der Waals surface area contributed by atoms with Gasteiger partial charge in [-0.2, -0.15) is 0 Å². The highest BCUT2D eigenvalue weighted by molar-refractivity contribution is 5.87. The Morgan fingerprint density at radius 1 is 1.16 bits per heavy atom. The molecular formula is C25H36N2O5. The van der Waals surface area contributed by atoms with Crippen LogP contribution in [0.1, 0.15) is 57.9 Å². The number of aliphatic carboxylic acids is 1. The van der Waals surface area contributed by atoms with E-state index in [1.165, 1.54) is 4.90 Å². The number of rotatable bonds is 9. The van der Waals surface area contributed by atoms with Crippen molar-refractivity contribution < 1.29 is 24.2 Å². The first kappa shape index (κ1) is 24.2. The lowest BCUT2D eigenvalue weighted by Gasteiger charge is -2.45. The first-order valence-electron chi connectivity index (χ1n) is 11.9. The van der Waals surface area contributed by atoms with E-state index in [4.69, 9.17) is 4.74 Å². The number of benzene rings is 1. The number of hydrogen-bond acceptors (Lipinski definition) is 5. The summed E-state index contributed by atoms with van der Waals surface area (Å²) < 4.78 is 5.23. The van der Waals surface area contributed by atoms with E-state index in [-0.39, 0.29) is 18.5 Å². The summed E-state index contributed by atoms with van der Waals surface area (Å²) in [5, 5.41) is 12.9. The van der Waals surface area contributed by atoms with Gasteiger partial charge in [0, 0.05) is 6.54 Å². The summed E-state index contributed by atoms with van der Waals surface area (Å²) in [6.45, 7) is 4.22. The molecule has 1 aromatic rings. The molecule has 0 radical (unpaired) electrons. The quantitative estimate of drug-likeness (QED) is 0.569. The molecule has 1 saturated heterocycles. The van der Waals surface area contributed by atoms with Crippen LogP contribution in [0.15, 0.2) is 30.3 Å². The van der Waals surface area contributed by atoms with E-state index in [1.54, 1.807) is 13.8 Å². The fraction of sp³-hybridized carbons (Fsp3) is 0.640.